The van der Waals surface area contributed by atoms with E-state index in [-0.39, 0.29) is 18.4 Å². The molecule has 1 aromatic carbocycles. The van der Waals surface area contributed by atoms with E-state index < -0.39 is 0 Å². The summed E-state index contributed by atoms with van der Waals surface area (Å²) in [6.07, 6.45) is 1.45. The summed E-state index contributed by atoms with van der Waals surface area (Å²) in [5, 5.41) is 12.3. The van der Waals surface area contributed by atoms with E-state index in [1.165, 1.54) is 12.4 Å². The number of anilines is 1. The van der Waals surface area contributed by atoms with Crippen LogP contribution in [0.2, 0.25) is 0 Å². The highest BCUT2D eigenvalue weighted by Crippen LogP contribution is 2.19. The standard InChI is InChI=1S/C12H10FN5O/c13-8-4-2-1-3-7(8)5-14-10-9-11(16-6-15-9)18-12(19)17-10/h1-4,6H,5H2,(H3,14,15,16,17,18,19). The molecule has 7 heteroatoms. The summed E-state index contributed by atoms with van der Waals surface area (Å²) in [4.78, 5) is 14.4. The lowest BCUT2D eigenvalue weighted by Crippen LogP contribution is -2.04. The van der Waals surface area contributed by atoms with E-state index in [1.54, 1.807) is 18.2 Å². The summed E-state index contributed by atoms with van der Waals surface area (Å²) in [6, 6.07) is 6.06. The van der Waals surface area contributed by atoms with Crippen molar-refractivity contribution in [2.75, 3.05) is 5.32 Å². The molecule has 0 spiro atoms. The molecule has 0 amide bonds. The lowest BCUT2D eigenvalue weighted by Gasteiger charge is -2.07. The number of imidazole rings is 1. The average Bonchev–Trinajstić information content (AvgIpc) is 2.85. The average molecular weight is 259 g/mol. The number of benzene rings is 1. The Balaban J connectivity index is 1.90. The van der Waals surface area contributed by atoms with Gasteiger partial charge in [0.05, 0.1) is 6.33 Å². The van der Waals surface area contributed by atoms with Gasteiger partial charge in [-0.05, 0) is 6.07 Å². The highest BCUT2D eigenvalue weighted by atomic mass is 19.1. The number of aromatic hydroxyl groups is 1. The predicted molar refractivity (Wildman–Crippen MR) is 67.1 cm³/mol. The summed E-state index contributed by atoms with van der Waals surface area (Å²) < 4.78 is 13.5. The number of aromatic nitrogens is 4. The number of fused-ring (bicyclic) bond motifs is 1. The Bertz CT molecular complexity index is 727. The van der Waals surface area contributed by atoms with Gasteiger partial charge in [0.15, 0.2) is 11.5 Å². The molecule has 0 fully saturated rings. The smallest absolute Gasteiger partial charge is 0.318 e. The quantitative estimate of drug-likeness (QED) is 0.667. The Morgan fingerprint density at radius 3 is 2.95 bits per heavy atom. The highest BCUT2D eigenvalue weighted by Gasteiger charge is 2.09. The van der Waals surface area contributed by atoms with Crippen molar-refractivity contribution in [3.05, 3.63) is 42.0 Å². The lowest BCUT2D eigenvalue weighted by molar-refractivity contribution is 0.433. The number of H-pyrrole nitrogens is 1. The van der Waals surface area contributed by atoms with Crippen LogP contribution in [0.1, 0.15) is 5.56 Å². The maximum absolute atomic E-state index is 13.5. The lowest BCUT2D eigenvalue weighted by atomic mass is 10.2. The molecule has 6 nitrogen and oxygen atoms in total. The molecule has 0 aliphatic rings. The fourth-order valence-electron chi connectivity index (χ4n) is 1.77. The minimum absolute atomic E-state index is 0.247. The van der Waals surface area contributed by atoms with Crippen molar-refractivity contribution in [2.24, 2.45) is 0 Å². The minimum Gasteiger partial charge on any atom is -0.479 e. The van der Waals surface area contributed by atoms with Gasteiger partial charge in [-0.1, -0.05) is 18.2 Å². The van der Waals surface area contributed by atoms with Gasteiger partial charge in [-0.3, -0.25) is 0 Å². The van der Waals surface area contributed by atoms with Crippen molar-refractivity contribution >= 4 is 17.0 Å². The van der Waals surface area contributed by atoms with Crippen LogP contribution in [0, 0.1) is 5.82 Å². The first-order valence-corrected chi connectivity index (χ1v) is 5.61. The second-order valence-electron chi connectivity index (χ2n) is 3.92. The maximum atomic E-state index is 13.5. The van der Waals surface area contributed by atoms with E-state index in [2.05, 4.69) is 25.3 Å². The van der Waals surface area contributed by atoms with Gasteiger partial charge in [0.1, 0.15) is 11.3 Å². The van der Waals surface area contributed by atoms with E-state index in [0.717, 1.165) is 0 Å². The van der Waals surface area contributed by atoms with Gasteiger partial charge in [0.25, 0.3) is 0 Å². The van der Waals surface area contributed by atoms with Gasteiger partial charge in [-0.15, -0.1) is 0 Å². The van der Waals surface area contributed by atoms with Crippen LogP contribution in [0.25, 0.3) is 11.2 Å². The van der Waals surface area contributed by atoms with Gasteiger partial charge in [0.2, 0.25) is 0 Å². The molecule has 0 radical (unpaired) electrons. The molecule has 3 rings (SSSR count). The summed E-state index contributed by atoms with van der Waals surface area (Å²) in [6.45, 7) is 0.247. The SMILES string of the molecule is Oc1nc(NCc2ccccc2F)c2[nH]cnc2n1. The van der Waals surface area contributed by atoms with E-state index in [9.17, 15) is 9.50 Å². The van der Waals surface area contributed by atoms with Crippen LogP contribution in [0.3, 0.4) is 0 Å². The van der Waals surface area contributed by atoms with E-state index >= 15 is 0 Å². The third kappa shape index (κ3) is 2.17. The monoisotopic (exact) mass is 259 g/mol. The van der Waals surface area contributed by atoms with Crippen molar-refractivity contribution in [2.45, 2.75) is 6.54 Å². The van der Waals surface area contributed by atoms with Crippen LogP contribution < -0.4 is 5.32 Å². The zero-order valence-corrected chi connectivity index (χ0v) is 9.76. The summed E-state index contributed by atoms with van der Waals surface area (Å²) in [7, 11) is 0. The molecule has 3 aromatic rings. The van der Waals surface area contributed by atoms with E-state index in [0.29, 0.717) is 22.5 Å². The zero-order chi connectivity index (χ0) is 13.2. The number of hydrogen-bond acceptors (Lipinski definition) is 5. The van der Waals surface area contributed by atoms with Gasteiger partial charge < -0.3 is 15.4 Å². The van der Waals surface area contributed by atoms with Crippen LogP contribution >= 0.6 is 0 Å². The van der Waals surface area contributed by atoms with Crippen LogP contribution in [0.4, 0.5) is 10.2 Å². The zero-order valence-electron chi connectivity index (χ0n) is 9.76. The summed E-state index contributed by atoms with van der Waals surface area (Å²) in [5.41, 5.74) is 1.42. The second kappa shape index (κ2) is 4.52. The first-order chi connectivity index (χ1) is 9.24. The molecule has 2 aromatic heterocycles. The number of aromatic amines is 1. The van der Waals surface area contributed by atoms with Gasteiger partial charge in [-0.25, -0.2) is 9.37 Å². The number of nitrogens with one attached hydrogen (secondary N) is 2. The molecule has 0 saturated carbocycles. The molecule has 3 N–H and O–H groups in total. The Morgan fingerprint density at radius 1 is 1.26 bits per heavy atom. The molecular weight excluding hydrogens is 249 g/mol. The third-order valence-electron chi connectivity index (χ3n) is 2.68. The third-order valence-corrected chi connectivity index (χ3v) is 2.68. The van der Waals surface area contributed by atoms with Crippen molar-refractivity contribution in [1.82, 2.24) is 19.9 Å². The molecule has 0 aliphatic heterocycles. The maximum Gasteiger partial charge on any atom is 0.318 e. The topological polar surface area (TPSA) is 86.7 Å². The van der Waals surface area contributed by atoms with Crippen molar-refractivity contribution in [3.8, 4) is 6.01 Å². The first kappa shape index (κ1) is 11.4. The van der Waals surface area contributed by atoms with E-state index in [1.807, 2.05) is 0 Å². The van der Waals surface area contributed by atoms with Crippen molar-refractivity contribution < 1.29 is 9.50 Å². The van der Waals surface area contributed by atoms with Gasteiger partial charge >= 0.3 is 6.01 Å². The van der Waals surface area contributed by atoms with Crippen LogP contribution in [-0.4, -0.2) is 25.0 Å². The summed E-state index contributed by atoms with van der Waals surface area (Å²) >= 11 is 0. The number of rotatable bonds is 3. The van der Waals surface area contributed by atoms with Crippen molar-refractivity contribution in [3.63, 3.8) is 0 Å². The molecule has 96 valence electrons. The highest BCUT2D eigenvalue weighted by molar-refractivity contribution is 5.82. The van der Waals surface area contributed by atoms with Crippen molar-refractivity contribution in [1.29, 1.82) is 0 Å². The number of hydrogen-bond donors (Lipinski definition) is 3. The molecule has 0 atom stereocenters. The Hall–Kier alpha value is -2.70. The van der Waals surface area contributed by atoms with Gasteiger partial charge in [0, 0.05) is 12.1 Å². The Labute approximate surface area is 107 Å². The molecular formula is C12H10FN5O. The molecule has 19 heavy (non-hydrogen) atoms. The van der Waals surface area contributed by atoms with Crippen LogP contribution in [0.5, 0.6) is 6.01 Å². The summed E-state index contributed by atoms with van der Waals surface area (Å²) in [5.74, 6) is 0.0809. The normalized spacial score (nSPS) is 10.8. The van der Waals surface area contributed by atoms with Crippen LogP contribution in [0.15, 0.2) is 30.6 Å². The molecule has 0 aliphatic carbocycles. The van der Waals surface area contributed by atoms with Crippen LogP contribution in [-0.2, 0) is 6.54 Å². The number of halogens is 1. The molecule has 2 heterocycles. The Morgan fingerprint density at radius 2 is 2.11 bits per heavy atom. The fraction of sp³-hybridized carbons (Fsp3) is 0.0833. The molecule has 0 bridgehead atoms. The predicted octanol–water partition coefficient (Wildman–Crippen LogP) is 1.81. The molecule has 0 unspecified atom stereocenters. The minimum atomic E-state index is -0.379. The Kier molecular flexibility index (Phi) is 2.71. The molecule has 0 saturated heterocycles. The fourth-order valence-corrected chi connectivity index (χ4v) is 1.77. The van der Waals surface area contributed by atoms with Gasteiger partial charge in [-0.2, -0.15) is 9.97 Å². The largest absolute Gasteiger partial charge is 0.479 e. The second-order valence-corrected chi connectivity index (χ2v) is 3.92. The van der Waals surface area contributed by atoms with E-state index in [4.69, 9.17) is 0 Å². The first-order valence-electron chi connectivity index (χ1n) is 5.61. The number of nitrogens with zero attached hydrogens (tertiary/aromatic N) is 3.